The minimum Gasteiger partial charge on any atom is -0.328 e. The summed E-state index contributed by atoms with van der Waals surface area (Å²) >= 11 is 0. The molecule has 22 heavy (non-hydrogen) atoms. The fourth-order valence-corrected chi connectivity index (χ4v) is 4.53. The fourth-order valence-electron chi connectivity index (χ4n) is 4.53. The van der Waals surface area contributed by atoms with Crippen LogP contribution >= 0.6 is 0 Å². The van der Waals surface area contributed by atoms with Gasteiger partial charge in [-0.3, -0.25) is 0 Å². The third-order valence-electron chi connectivity index (χ3n) is 5.97. The summed E-state index contributed by atoms with van der Waals surface area (Å²) in [5.74, 6) is 1.67. The molecular weight excluding hydrogens is 266 g/mol. The maximum Gasteiger partial charge on any atom is 0.00448 e. The smallest absolute Gasteiger partial charge is 0.00448 e. The highest BCUT2D eigenvalue weighted by Crippen LogP contribution is 2.36. The molecule has 1 aromatic carbocycles. The van der Waals surface area contributed by atoms with Crippen LogP contribution in [0.1, 0.15) is 87.3 Å². The first-order chi connectivity index (χ1) is 10.8. The van der Waals surface area contributed by atoms with E-state index < -0.39 is 0 Å². The van der Waals surface area contributed by atoms with Crippen molar-refractivity contribution in [2.45, 2.75) is 89.5 Å². The lowest BCUT2D eigenvalue weighted by molar-refractivity contribution is 0.406. The maximum atomic E-state index is 6.09. The number of aryl methyl sites for hydroxylation is 1. The van der Waals surface area contributed by atoms with Gasteiger partial charge in [-0.2, -0.15) is 0 Å². The van der Waals surface area contributed by atoms with Gasteiger partial charge in [0.05, 0.1) is 0 Å². The van der Waals surface area contributed by atoms with E-state index in [-0.39, 0.29) is 0 Å². The first-order valence-corrected chi connectivity index (χ1v) is 9.63. The zero-order chi connectivity index (χ0) is 15.4. The fraction of sp³-hybridized carbons (Fsp3) is 0.714. The van der Waals surface area contributed by atoms with Gasteiger partial charge in [-0.15, -0.1) is 0 Å². The van der Waals surface area contributed by atoms with Crippen LogP contribution in [0.5, 0.6) is 0 Å². The minimum absolute atomic E-state index is 0.438. The van der Waals surface area contributed by atoms with Crippen LogP contribution in [0.3, 0.4) is 0 Å². The average molecular weight is 300 g/mol. The predicted molar refractivity (Wildman–Crippen MR) is 95.3 cm³/mol. The highest BCUT2D eigenvalue weighted by molar-refractivity contribution is 5.36. The van der Waals surface area contributed by atoms with Gasteiger partial charge in [0.1, 0.15) is 0 Å². The zero-order valence-electron chi connectivity index (χ0n) is 14.3. The normalized spacial score (nSPS) is 27.8. The summed E-state index contributed by atoms with van der Waals surface area (Å²) in [4.78, 5) is 0. The summed E-state index contributed by atoms with van der Waals surface area (Å²) in [5, 5.41) is 0. The number of rotatable bonds is 6. The molecule has 1 saturated carbocycles. The van der Waals surface area contributed by atoms with E-state index in [2.05, 4.69) is 25.1 Å². The Morgan fingerprint density at radius 1 is 1.05 bits per heavy atom. The highest BCUT2D eigenvalue weighted by atomic mass is 14.6. The molecule has 3 rings (SSSR count). The average Bonchev–Trinajstić information content (AvgIpc) is 2.97. The van der Waals surface area contributed by atoms with Gasteiger partial charge in [0.25, 0.3) is 0 Å². The van der Waals surface area contributed by atoms with Crippen molar-refractivity contribution in [3.8, 4) is 0 Å². The van der Waals surface area contributed by atoms with Gasteiger partial charge in [-0.05, 0) is 67.1 Å². The van der Waals surface area contributed by atoms with Crippen molar-refractivity contribution in [1.29, 1.82) is 0 Å². The van der Waals surface area contributed by atoms with Crippen molar-refractivity contribution in [3.05, 3.63) is 34.9 Å². The molecule has 1 aromatic rings. The Morgan fingerprint density at radius 2 is 1.95 bits per heavy atom. The summed E-state index contributed by atoms with van der Waals surface area (Å²) < 4.78 is 0. The quantitative estimate of drug-likeness (QED) is 0.703. The van der Waals surface area contributed by atoms with Crippen molar-refractivity contribution >= 4 is 0 Å². The van der Waals surface area contributed by atoms with E-state index in [1.807, 2.05) is 0 Å². The van der Waals surface area contributed by atoms with Crippen molar-refractivity contribution in [1.82, 2.24) is 0 Å². The Morgan fingerprint density at radius 3 is 2.73 bits per heavy atom. The van der Waals surface area contributed by atoms with Gasteiger partial charge < -0.3 is 5.73 Å². The molecule has 3 unspecified atom stereocenters. The molecule has 122 valence electrons. The molecule has 0 spiro atoms. The lowest BCUT2D eigenvalue weighted by Crippen LogP contribution is -2.16. The molecule has 2 aliphatic rings. The van der Waals surface area contributed by atoms with E-state index in [1.54, 1.807) is 16.7 Å². The number of hydrogen-bond donors (Lipinski definition) is 1. The highest BCUT2D eigenvalue weighted by Gasteiger charge is 2.25. The van der Waals surface area contributed by atoms with Gasteiger partial charge in [0.15, 0.2) is 0 Å². The number of benzene rings is 1. The van der Waals surface area contributed by atoms with Crippen molar-refractivity contribution in [3.63, 3.8) is 0 Å². The first-order valence-electron chi connectivity index (χ1n) is 9.63. The van der Waals surface area contributed by atoms with E-state index in [9.17, 15) is 0 Å². The molecule has 1 nitrogen and oxygen atoms in total. The Kier molecular flexibility index (Phi) is 5.57. The molecule has 0 aliphatic heterocycles. The summed E-state index contributed by atoms with van der Waals surface area (Å²) in [5.41, 5.74) is 10.9. The van der Waals surface area contributed by atoms with Crippen LogP contribution < -0.4 is 5.73 Å². The Bertz CT molecular complexity index is 479. The monoisotopic (exact) mass is 299 g/mol. The molecule has 0 amide bonds. The number of unbranched alkanes of at least 4 members (excludes halogenated alkanes) is 3. The van der Waals surface area contributed by atoms with Crippen LogP contribution in [0, 0.1) is 5.92 Å². The van der Waals surface area contributed by atoms with Crippen LogP contribution in [0.15, 0.2) is 18.2 Å². The second-order valence-electron chi connectivity index (χ2n) is 7.76. The van der Waals surface area contributed by atoms with Gasteiger partial charge in [0, 0.05) is 6.04 Å². The standard InChI is InChI=1S/C21H33N/c1-2-3-4-5-6-16-7-8-18-14-19(10-9-17(18)13-16)20-11-12-21(22)15-20/h9-10,14,16,20-21H,2-8,11-13,15,22H2,1H3. The Labute approximate surface area is 136 Å². The van der Waals surface area contributed by atoms with Crippen LogP contribution in [-0.4, -0.2) is 6.04 Å². The Hall–Kier alpha value is -0.820. The first kappa shape index (κ1) is 16.1. The van der Waals surface area contributed by atoms with Crippen LogP contribution in [0.25, 0.3) is 0 Å². The zero-order valence-corrected chi connectivity index (χ0v) is 14.3. The number of nitrogens with two attached hydrogens (primary N) is 1. The molecule has 0 radical (unpaired) electrons. The third-order valence-corrected chi connectivity index (χ3v) is 5.97. The molecule has 0 heterocycles. The molecule has 0 aromatic heterocycles. The number of hydrogen-bond acceptors (Lipinski definition) is 1. The summed E-state index contributed by atoms with van der Waals surface area (Å²) in [7, 11) is 0. The molecule has 0 bridgehead atoms. The predicted octanol–water partition coefficient (Wildman–Crippen LogP) is 5.36. The lowest BCUT2D eigenvalue weighted by Gasteiger charge is -2.26. The maximum absolute atomic E-state index is 6.09. The molecule has 0 saturated heterocycles. The van der Waals surface area contributed by atoms with E-state index in [4.69, 9.17) is 5.73 Å². The van der Waals surface area contributed by atoms with E-state index in [1.165, 1.54) is 70.6 Å². The van der Waals surface area contributed by atoms with Crippen LogP contribution in [-0.2, 0) is 12.8 Å². The topological polar surface area (TPSA) is 26.0 Å². The van der Waals surface area contributed by atoms with Gasteiger partial charge in [-0.1, -0.05) is 57.2 Å². The number of fused-ring (bicyclic) bond motifs is 1. The Balaban J connectivity index is 1.57. The van der Waals surface area contributed by atoms with E-state index >= 15 is 0 Å². The second-order valence-corrected chi connectivity index (χ2v) is 7.76. The van der Waals surface area contributed by atoms with Crippen molar-refractivity contribution < 1.29 is 0 Å². The summed E-state index contributed by atoms with van der Waals surface area (Å²) in [6, 6.07) is 7.80. The van der Waals surface area contributed by atoms with E-state index in [0.717, 1.165) is 11.8 Å². The second kappa shape index (κ2) is 7.64. The van der Waals surface area contributed by atoms with Crippen molar-refractivity contribution in [2.24, 2.45) is 11.7 Å². The van der Waals surface area contributed by atoms with Crippen molar-refractivity contribution in [2.75, 3.05) is 0 Å². The van der Waals surface area contributed by atoms with Gasteiger partial charge in [-0.25, -0.2) is 0 Å². The molecule has 3 atom stereocenters. The third kappa shape index (κ3) is 3.93. The van der Waals surface area contributed by atoms with Gasteiger partial charge in [0.2, 0.25) is 0 Å². The minimum atomic E-state index is 0.438. The summed E-state index contributed by atoms with van der Waals surface area (Å²) in [6.07, 6.45) is 14.8. The van der Waals surface area contributed by atoms with E-state index in [0.29, 0.717) is 6.04 Å². The lowest BCUT2D eigenvalue weighted by atomic mass is 9.80. The SMILES string of the molecule is CCCCCCC1CCc2cc(C3CCC(N)C3)ccc2C1. The largest absolute Gasteiger partial charge is 0.328 e. The van der Waals surface area contributed by atoms with Crippen LogP contribution in [0.2, 0.25) is 0 Å². The van der Waals surface area contributed by atoms with Crippen LogP contribution in [0.4, 0.5) is 0 Å². The van der Waals surface area contributed by atoms with Gasteiger partial charge >= 0.3 is 0 Å². The molecule has 1 heteroatoms. The molecular formula is C21H33N. The molecule has 2 aliphatic carbocycles. The molecule has 2 N–H and O–H groups in total. The summed E-state index contributed by atoms with van der Waals surface area (Å²) in [6.45, 7) is 2.30. The molecule has 1 fully saturated rings.